The van der Waals surface area contributed by atoms with Crippen LogP contribution in [0.1, 0.15) is 34.3 Å². The molecule has 3 aromatic rings. The van der Waals surface area contributed by atoms with Crippen LogP contribution in [0.3, 0.4) is 0 Å². The van der Waals surface area contributed by atoms with Gasteiger partial charge < -0.3 is 29.4 Å². The van der Waals surface area contributed by atoms with Crippen LogP contribution in [-0.2, 0) is 23.2 Å². The van der Waals surface area contributed by atoms with Crippen molar-refractivity contribution in [3.8, 4) is 11.5 Å². The summed E-state index contributed by atoms with van der Waals surface area (Å²) < 4.78 is 56.1. The lowest BCUT2D eigenvalue weighted by molar-refractivity contribution is -0.274. The van der Waals surface area contributed by atoms with Gasteiger partial charge in [-0.1, -0.05) is 24.3 Å². The van der Waals surface area contributed by atoms with Crippen molar-refractivity contribution in [2.75, 3.05) is 33.4 Å². The second kappa shape index (κ2) is 9.33. The molecule has 2 aliphatic heterocycles. The molecule has 0 radical (unpaired) electrons. The minimum Gasteiger partial charge on any atom is -0.492 e. The summed E-state index contributed by atoms with van der Waals surface area (Å²) >= 11 is 0. The predicted octanol–water partition coefficient (Wildman–Crippen LogP) is 4.21. The third kappa shape index (κ3) is 4.39. The molecule has 10 heteroatoms. The molecule has 0 atom stereocenters. The highest BCUT2D eigenvalue weighted by molar-refractivity contribution is 6.08. The van der Waals surface area contributed by atoms with Crippen molar-refractivity contribution in [1.82, 2.24) is 9.47 Å². The van der Waals surface area contributed by atoms with Crippen LogP contribution in [0.5, 0.6) is 11.5 Å². The van der Waals surface area contributed by atoms with E-state index in [2.05, 4.69) is 10.8 Å². The van der Waals surface area contributed by atoms with Crippen LogP contribution in [0.2, 0.25) is 0 Å². The standard InChI is InChI=1S/C26H28F3N3O4/c1-34-12-11-32-15-19(18-3-2-4-22(23(18)32)36-26(27,28)29)24(33)31-9-7-25(8-10-31)16-35-21-6-5-17(14-30)13-20(21)25/h2-6,13,15H,7-12,14,16,30H2,1H3. The minimum atomic E-state index is -4.85. The molecular formula is C26H28F3N3O4. The zero-order valence-electron chi connectivity index (χ0n) is 19.9. The number of amides is 1. The van der Waals surface area contributed by atoms with E-state index in [1.165, 1.54) is 19.2 Å². The SMILES string of the molecule is COCCn1cc(C(=O)N2CCC3(CC2)COc2ccc(CN)cc23)c2cccc(OC(F)(F)F)c21. The number of nitrogens with two attached hydrogens (primary N) is 1. The van der Waals surface area contributed by atoms with E-state index >= 15 is 0 Å². The zero-order valence-corrected chi connectivity index (χ0v) is 19.9. The Morgan fingerprint density at radius 1 is 1.19 bits per heavy atom. The van der Waals surface area contributed by atoms with Gasteiger partial charge in [-0.05, 0) is 30.5 Å². The second-order valence-corrected chi connectivity index (χ2v) is 9.32. The van der Waals surface area contributed by atoms with Crippen LogP contribution in [-0.4, -0.2) is 55.1 Å². The lowest BCUT2D eigenvalue weighted by Crippen LogP contribution is -2.46. The van der Waals surface area contributed by atoms with Gasteiger partial charge in [0.15, 0.2) is 5.75 Å². The maximum absolute atomic E-state index is 13.6. The Kier molecular flexibility index (Phi) is 6.34. The molecule has 0 bridgehead atoms. The molecule has 1 spiro atoms. The van der Waals surface area contributed by atoms with E-state index in [0.717, 1.165) is 29.7 Å². The van der Waals surface area contributed by atoms with Crippen LogP contribution >= 0.6 is 0 Å². The van der Waals surface area contributed by atoms with Crippen molar-refractivity contribution in [3.63, 3.8) is 0 Å². The van der Waals surface area contributed by atoms with Gasteiger partial charge in [-0.3, -0.25) is 4.79 Å². The third-order valence-corrected chi connectivity index (χ3v) is 7.22. The second-order valence-electron chi connectivity index (χ2n) is 9.32. The summed E-state index contributed by atoms with van der Waals surface area (Å²) in [6, 6.07) is 10.4. The van der Waals surface area contributed by atoms with Gasteiger partial charge in [0.25, 0.3) is 5.91 Å². The fraction of sp³-hybridized carbons (Fsp3) is 0.423. The van der Waals surface area contributed by atoms with E-state index in [0.29, 0.717) is 37.2 Å². The predicted molar refractivity (Wildman–Crippen MR) is 127 cm³/mol. The molecule has 5 rings (SSSR count). The lowest BCUT2D eigenvalue weighted by atomic mass is 9.74. The topological polar surface area (TPSA) is 79.0 Å². The molecule has 1 amide bonds. The number of benzene rings is 2. The largest absolute Gasteiger partial charge is 0.573 e. The van der Waals surface area contributed by atoms with Crippen LogP contribution in [0, 0.1) is 0 Å². The normalized spacial score (nSPS) is 16.9. The van der Waals surface area contributed by atoms with Crippen molar-refractivity contribution in [3.05, 3.63) is 59.3 Å². The number of carbonyl (C=O) groups is 1. The van der Waals surface area contributed by atoms with Crippen molar-refractivity contribution < 1.29 is 32.2 Å². The van der Waals surface area contributed by atoms with Gasteiger partial charge in [-0.15, -0.1) is 13.2 Å². The molecule has 0 unspecified atom stereocenters. The number of piperidine rings is 1. The average molecular weight is 504 g/mol. The Morgan fingerprint density at radius 3 is 2.67 bits per heavy atom. The van der Waals surface area contributed by atoms with Gasteiger partial charge in [0.05, 0.1) is 24.3 Å². The number of para-hydroxylation sites is 1. The highest BCUT2D eigenvalue weighted by Gasteiger charge is 2.44. The summed E-state index contributed by atoms with van der Waals surface area (Å²) in [6.07, 6.45) is -1.80. The molecule has 1 fully saturated rings. The Morgan fingerprint density at radius 2 is 1.97 bits per heavy atom. The van der Waals surface area contributed by atoms with E-state index in [9.17, 15) is 18.0 Å². The smallest absolute Gasteiger partial charge is 0.492 e. The Labute approximate surface area is 206 Å². The van der Waals surface area contributed by atoms with Gasteiger partial charge >= 0.3 is 6.36 Å². The number of likely N-dealkylation sites (tertiary alicyclic amines) is 1. The number of carbonyl (C=O) groups excluding carboxylic acids is 1. The number of nitrogens with zero attached hydrogens (tertiary/aromatic N) is 2. The highest BCUT2D eigenvalue weighted by Crippen LogP contribution is 2.46. The van der Waals surface area contributed by atoms with Gasteiger partial charge in [0, 0.05) is 55.9 Å². The Bertz CT molecular complexity index is 1280. The van der Waals surface area contributed by atoms with E-state index < -0.39 is 6.36 Å². The van der Waals surface area contributed by atoms with Gasteiger partial charge in [0.1, 0.15) is 5.75 Å². The minimum absolute atomic E-state index is 0.169. The summed E-state index contributed by atoms with van der Waals surface area (Å²) in [5.41, 5.74) is 8.41. The molecule has 2 aromatic carbocycles. The summed E-state index contributed by atoms with van der Waals surface area (Å²) in [7, 11) is 1.51. The number of rotatable bonds is 6. The van der Waals surface area contributed by atoms with Crippen LogP contribution in [0.25, 0.3) is 10.9 Å². The summed E-state index contributed by atoms with van der Waals surface area (Å²) in [5.74, 6) is 0.304. The molecule has 2 N–H and O–H groups in total. The van der Waals surface area contributed by atoms with Gasteiger partial charge in [-0.25, -0.2) is 0 Å². The molecular weight excluding hydrogens is 475 g/mol. The van der Waals surface area contributed by atoms with Gasteiger partial charge in [0.2, 0.25) is 0 Å². The maximum Gasteiger partial charge on any atom is 0.573 e. The van der Waals surface area contributed by atoms with Crippen LogP contribution < -0.4 is 15.2 Å². The Hall–Kier alpha value is -3.24. The maximum atomic E-state index is 13.6. The monoisotopic (exact) mass is 503 g/mol. The first kappa shape index (κ1) is 24.5. The molecule has 0 saturated carbocycles. The Balaban J connectivity index is 1.42. The van der Waals surface area contributed by atoms with Crippen LogP contribution in [0.4, 0.5) is 13.2 Å². The van der Waals surface area contributed by atoms with Crippen molar-refractivity contribution in [2.24, 2.45) is 5.73 Å². The highest BCUT2D eigenvalue weighted by atomic mass is 19.4. The number of halogens is 3. The average Bonchev–Trinajstić information content (AvgIpc) is 3.41. The lowest BCUT2D eigenvalue weighted by Gasteiger charge is -2.38. The fourth-order valence-electron chi connectivity index (χ4n) is 5.33. The molecule has 0 aliphatic carbocycles. The van der Waals surface area contributed by atoms with Crippen LogP contribution in [0.15, 0.2) is 42.6 Å². The number of hydrogen-bond acceptors (Lipinski definition) is 5. The summed E-state index contributed by atoms with van der Waals surface area (Å²) in [6.45, 7) is 2.58. The number of alkyl halides is 3. The molecule has 1 saturated heterocycles. The van der Waals surface area contributed by atoms with E-state index in [-0.39, 0.29) is 35.7 Å². The molecule has 2 aliphatic rings. The van der Waals surface area contributed by atoms with Crippen molar-refractivity contribution in [1.29, 1.82) is 0 Å². The molecule has 7 nitrogen and oxygen atoms in total. The number of aromatic nitrogens is 1. The first-order valence-corrected chi connectivity index (χ1v) is 11.9. The first-order chi connectivity index (χ1) is 17.2. The molecule has 192 valence electrons. The van der Waals surface area contributed by atoms with E-state index in [1.54, 1.807) is 21.7 Å². The van der Waals surface area contributed by atoms with E-state index in [1.807, 2.05) is 12.1 Å². The number of ether oxygens (including phenoxy) is 3. The number of methoxy groups -OCH3 is 1. The quantitative estimate of drug-likeness (QED) is 0.545. The fourth-order valence-corrected chi connectivity index (χ4v) is 5.33. The molecule has 3 heterocycles. The number of hydrogen-bond donors (Lipinski definition) is 1. The van der Waals surface area contributed by atoms with E-state index in [4.69, 9.17) is 15.2 Å². The van der Waals surface area contributed by atoms with Gasteiger partial charge in [-0.2, -0.15) is 0 Å². The number of fused-ring (bicyclic) bond motifs is 3. The van der Waals surface area contributed by atoms with Crippen molar-refractivity contribution in [2.45, 2.75) is 37.7 Å². The zero-order chi connectivity index (χ0) is 25.5. The molecule has 36 heavy (non-hydrogen) atoms. The van der Waals surface area contributed by atoms with Crippen molar-refractivity contribution >= 4 is 16.8 Å². The molecule has 1 aromatic heterocycles. The third-order valence-electron chi connectivity index (χ3n) is 7.22. The summed E-state index contributed by atoms with van der Waals surface area (Å²) in [5, 5.41) is 0.417. The first-order valence-electron chi connectivity index (χ1n) is 11.9. The summed E-state index contributed by atoms with van der Waals surface area (Å²) in [4.78, 5) is 15.4.